The van der Waals surface area contributed by atoms with Crippen molar-refractivity contribution in [3.8, 4) is 0 Å². The van der Waals surface area contributed by atoms with Gasteiger partial charge in [0.25, 0.3) is 0 Å². The van der Waals surface area contributed by atoms with Gasteiger partial charge < -0.3 is 9.84 Å². The predicted molar refractivity (Wildman–Crippen MR) is 88.4 cm³/mol. The normalized spacial score (nSPS) is 11.6. The molecule has 6 nitrogen and oxygen atoms in total. The first-order valence-electron chi connectivity index (χ1n) is 7.65. The Hall–Kier alpha value is -2.89. The van der Waals surface area contributed by atoms with Crippen LogP contribution in [0.5, 0.6) is 0 Å². The molecular formula is C18H20N2O4. The van der Waals surface area contributed by atoms with Gasteiger partial charge in [-0.25, -0.2) is 9.59 Å². The molecule has 1 aromatic carbocycles. The van der Waals surface area contributed by atoms with E-state index in [4.69, 9.17) is 4.74 Å². The highest BCUT2D eigenvalue weighted by Crippen LogP contribution is 2.24. The van der Waals surface area contributed by atoms with Gasteiger partial charge in [0.2, 0.25) is 0 Å². The Morgan fingerprint density at radius 2 is 1.96 bits per heavy atom. The molecule has 2 rings (SSSR count). The molecule has 0 saturated heterocycles. The Bertz CT molecular complexity index is 703. The minimum atomic E-state index is -1.13. The van der Waals surface area contributed by atoms with Crippen LogP contribution in [0.1, 0.15) is 29.7 Å². The molecule has 0 bridgehead atoms. The molecule has 0 aliphatic rings. The summed E-state index contributed by atoms with van der Waals surface area (Å²) in [5.74, 6) is -1.12. The van der Waals surface area contributed by atoms with E-state index in [-0.39, 0.29) is 13.2 Å². The molecule has 6 heteroatoms. The highest BCUT2D eigenvalue weighted by atomic mass is 16.6. The standard InChI is InChI=1S/C18H20N2O4/c1-3-20(18(23)24-12-14-7-5-4-6-8-14)16(17(21)22)15-11-19-10-9-13(15)2/h4-11,16H,3,12H2,1-2H3,(H,21,22). The Kier molecular flexibility index (Phi) is 5.89. The molecule has 24 heavy (non-hydrogen) atoms. The van der Waals surface area contributed by atoms with Gasteiger partial charge in [-0.3, -0.25) is 9.88 Å². The van der Waals surface area contributed by atoms with Gasteiger partial charge >= 0.3 is 12.1 Å². The number of carboxylic acids is 1. The Labute approximate surface area is 140 Å². The van der Waals surface area contributed by atoms with Gasteiger partial charge in [0.15, 0.2) is 6.04 Å². The summed E-state index contributed by atoms with van der Waals surface area (Å²) in [4.78, 5) is 29.3. The van der Waals surface area contributed by atoms with Crippen molar-refractivity contribution in [1.29, 1.82) is 0 Å². The van der Waals surface area contributed by atoms with Crippen LogP contribution in [-0.4, -0.2) is 33.6 Å². The number of hydrogen-bond acceptors (Lipinski definition) is 4. The summed E-state index contributed by atoms with van der Waals surface area (Å²) >= 11 is 0. The minimum Gasteiger partial charge on any atom is -0.479 e. The maximum atomic E-state index is 12.4. The van der Waals surface area contributed by atoms with Crippen LogP contribution in [0.2, 0.25) is 0 Å². The van der Waals surface area contributed by atoms with Crippen molar-refractivity contribution < 1.29 is 19.4 Å². The Morgan fingerprint density at radius 1 is 1.25 bits per heavy atom. The van der Waals surface area contributed by atoms with Crippen LogP contribution in [0.3, 0.4) is 0 Å². The predicted octanol–water partition coefficient (Wildman–Crippen LogP) is 3.17. The Morgan fingerprint density at radius 3 is 2.54 bits per heavy atom. The number of carbonyl (C=O) groups is 2. The molecule has 0 saturated carbocycles. The number of rotatable bonds is 6. The highest BCUT2D eigenvalue weighted by Gasteiger charge is 2.32. The van der Waals surface area contributed by atoms with E-state index in [2.05, 4.69) is 4.98 Å². The van der Waals surface area contributed by atoms with Gasteiger partial charge in [0.05, 0.1) is 0 Å². The van der Waals surface area contributed by atoms with Gasteiger partial charge in [-0.1, -0.05) is 30.3 Å². The second-order valence-electron chi connectivity index (χ2n) is 5.30. The van der Waals surface area contributed by atoms with E-state index in [1.807, 2.05) is 30.3 Å². The van der Waals surface area contributed by atoms with E-state index in [1.165, 1.54) is 11.1 Å². The number of hydrogen-bond donors (Lipinski definition) is 1. The SMILES string of the molecule is CCN(C(=O)OCc1ccccc1)C(C(=O)O)c1cnccc1C. The molecule has 1 unspecified atom stereocenters. The van der Waals surface area contributed by atoms with Crippen molar-refractivity contribution in [2.45, 2.75) is 26.5 Å². The summed E-state index contributed by atoms with van der Waals surface area (Å²) in [6.07, 6.45) is 2.39. The summed E-state index contributed by atoms with van der Waals surface area (Å²) in [5, 5.41) is 9.61. The van der Waals surface area contributed by atoms with Crippen molar-refractivity contribution in [2.24, 2.45) is 0 Å². The number of ether oxygens (including phenoxy) is 1. The lowest BCUT2D eigenvalue weighted by Gasteiger charge is -2.28. The third kappa shape index (κ3) is 4.10. The molecule has 0 fully saturated rings. The largest absolute Gasteiger partial charge is 0.479 e. The van der Waals surface area contributed by atoms with Crippen LogP contribution >= 0.6 is 0 Å². The molecule has 0 aliphatic heterocycles. The number of carboxylic acid groups (broad SMARTS) is 1. The topological polar surface area (TPSA) is 79.7 Å². The summed E-state index contributed by atoms with van der Waals surface area (Å²) in [6.45, 7) is 3.80. The van der Waals surface area contributed by atoms with Crippen LogP contribution in [-0.2, 0) is 16.1 Å². The van der Waals surface area contributed by atoms with Gasteiger partial charge in [-0.2, -0.15) is 0 Å². The first-order valence-corrected chi connectivity index (χ1v) is 7.65. The van der Waals surface area contributed by atoms with Crippen LogP contribution < -0.4 is 0 Å². The van der Waals surface area contributed by atoms with Crippen molar-refractivity contribution in [2.75, 3.05) is 6.54 Å². The number of aryl methyl sites for hydroxylation is 1. The minimum absolute atomic E-state index is 0.0918. The summed E-state index contributed by atoms with van der Waals surface area (Å²) < 4.78 is 5.28. The summed E-state index contributed by atoms with van der Waals surface area (Å²) in [7, 11) is 0. The fourth-order valence-corrected chi connectivity index (χ4v) is 2.42. The number of aliphatic carboxylic acids is 1. The molecule has 126 valence electrons. The summed E-state index contributed by atoms with van der Waals surface area (Å²) in [6, 6.07) is 9.82. The van der Waals surface area contributed by atoms with Crippen LogP contribution in [0.25, 0.3) is 0 Å². The van der Waals surface area contributed by atoms with Crippen molar-refractivity contribution in [1.82, 2.24) is 9.88 Å². The Balaban J connectivity index is 2.18. The fraction of sp³-hybridized carbons (Fsp3) is 0.278. The van der Waals surface area contributed by atoms with E-state index >= 15 is 0 Å². The number of benzene rings is 1. The molecule has 0 radical (unpaired) electrons. The van der Waals surface area contributed by atoms with E-state index in [9.17, 15) is 14.7 Å². The van der Waals surface area contributed by atoms with Gasteiger partial charge in [-0.05, 0) is 31.0 Å². The third-order valence-electron chi connectivity index (χ3n) is 3.70. The van der Waals surface area contributed by atoms with Gasteiger partial charge in [0.1, 0.15) is 6.61 Å². The van der Waals surface area contributed by atoms with Gasteiger partial charge in [-0.15, -0.1) is 0 Å². The number of carbonyl (C=O) groups excluding carboxylic acids is 1. The maximum Gasteiger partial charge on any atom is 0.411 e. The number of likely N-dealkylation sites (N-methyl/N-ethyl adjacent to an activating group) is 1. The quantitative estimate of drug-likeness (QED) is 0.881. The first-order chi connectivity index (χ1) is 11.5. The van der Waals surface area contributed by atoms with E-state index in [0.29, 0.717) is 5.56 Å². The second kappa shape index (κ2) is 8.10. The lowest BCUT2D eigenvalue weighted by atomic mass is 10.0. The lowest BCUT2D eigenvalue weighted by molar-refractivity contribution is -0.143. The second-order valence-corrected chi connectivity index (χ2v) is 5.30. The average molecular weight is 328 g/mol. The smallest absolute Gasteiger partial charge is 0.411 e. The highest BCUT2D eigenvalue weighted by molar-refractivity contribution is 5.81. The summed E-state index contributed by atoms with van der Waals surface area (Å²) in [5.41, 5.74) is 2.07. The van der Waals surface area contributed by atoms with E-state index < -0.39 is 18.1 Å². The van der Waals surface area contributed by atoms with E-state index in [1.54, 1.807) is 26.1 Å². The fourth-order valence-electron chi connectivity index (χ4n) is 2.42. The maximum absolute atomic E-state index is 12.4. The molecule has 2 aromatic rings. The molecule has 1 amide bonds. The molecule has 1 atom stereocenters. The molecular weight excluding hydrogens is 308 g/mol. The average Bonchev–Trinajstić information content (AvgIpc) is 2.59. The van der Waals surface area contributed by atoms with Crippen molar-refractivity contribution in [3.63, 3.8) is 0 Å². The monoisotopic (exact) mass is 328 g/mol. The number of nitrogens with zero attached hydrogens (tertiary/aromatic N) is 2. The number of amides is 1. The molecule has 1 N–H and O–H groups in total. The van der Waals surface area contributed by atoms with Crippen molar-refractivity contribution >= 4 is 12.1 Å². The zero-order chi connectivity index (χ0) is 17.5. The van der Waals surface area contributed by atoms with Crippen LogP contribution in [0.4, 0.5) is 4.79 Å². The van der Waals surface area contributed by atoms with E-state index in [0.717, 1.165) is 11.1 Å². The number of pyridine rings is 1. The molecule has 1 heterocycles. The zero-order valence-electron chi connectivity index (χ0n) is 13.7. The lowest BCUT2D eigenvalue weighted by Crippen LogP contribution is -2.39. The van der Waals surface area contributed by atoms with Crippen LogP contribution in [0.15, 0.2) is 48.8 Å². The first kappa shape index (κ1) is 17.5. The van der Waals surface area contributed by atoms with Crippen molar-refractivity contribution in [3.05, 3.63) is 65.5 Å². The molecule has 0 aliphatic carbocycles. The number of aromatic nitrogens is 1. The third-order valence-corrected chi connectivity index (χ3v) is 3.70. The van der Waals surface area contributed by atoms with Gasteiger partial charge in [0, 0.05) is 24.5 Å². The van der Waals surface area contributed by atoms with Crippen LogP contribution in [0, 0.1) is 6.92 Å². The zero-order valence-corrected chi connectivity index (χ0v) is 13.7. The molecule has 0 spiro atoms. The molecule has 1 aromatic heterocycles.